The van der Waals surface area contributed by atoms with Crippen LogP contribution in [0.4, 0.5) is 11.4 Å². The van der Waals surface area contributed by atoms with Crippen LogP contribution in [0.2, 0.25) is 0 Å². The molecule has 0 bridgehead atoms. The van der Waals surface area contributed by atoms with Crippen LogP contribution in [0.15, 0.2) is 109 Å². The van der Waals surface area contributed by atoms with Gasteiger partial charge in [0, 0.05) is 5.92 Å². The number of rotatable bonds is 7. The Labute approximate surface area is 299 Å². The lowest BCUT2D eigenvalue weighted by Crippen LogP contribution is -2.53. The summed E-state index contributed by atoms with van der Waals surface area (Å²) >= 11 is 0. The number of hydrogen-bond acceptors (Lipinski definition) is 8. The SMILES string of the molecule is COc1cc([C@H]2C3=CC[C@@H]4C(=O)N(c5cccc(C(=O)O)c5)C(=O)[C@@H]4[C@@H]3C[C@H]3C(=O)N(Nc4ccc(C)cc4)C(=O)[C@@]23c2ccccc2)ccc1O. The number of benzene rings is 4. The highest BCUT2D eigenvalue weighted by Crippen LogP contribution is 2.64. The van der Waals surface area contributed by atoms with E-state index >= 15 is 4.79 Å². The molecule has 0 unspecified atom stereocenters. The van der Waals surface area contributed by atoms with E-state index in [-0.39, 0.29) is 35.6 Å². The molecule has 2 heterocycles. The Morgan fingerprint density at radius 3 is 2.33 bits per heavy atom. The first-order valence-corrected chi connectivity index (χ1v) is 17.1. The fraction of sp³-hybridized carbons (Fsp3) is 0.244. The van der Waals surface area contributed by atoms with Crippen LogP contribution in [0.5, 0.6) is 11.5 Å². The Morgan fingerprint density at radius 1 is 0.865 bits per heavy atom. The number of hydrazine groups is 1. The predicted molar refractivity (Wildman–Crippen MR) is 189 cm³/mol. The van der Waals surface area contributed by atoms with Crippen molar-refractivity contribution in [3.63, 3.8) is 0 Å². The molecule has 8 rings (SSSR count). The van der Waals surface area contributed by atoms with Crippen molar-refractivity contribution in [1.82, 2.24) is 5.01 Å². The average molecular weight is 698 g/mol. The van der Waals surface area contributed by atoms with Crippen LogP contribution in [-0.2, 0) is 24.6 Å². The van der Waals surface area contributed by atoms with Crippen molar-refractivity contribution < 1.29 is 38.9 Å². The molecule has 4 aromatic carbocycles. The Hall–Kier alpha value is -6.23. The molecule has 2 aliphatic carbocycles. The van der Waals surface area contributed by atoms with E-state index in [9.17, 15) is 29.4 Å². The van der Waals surface area contributed by atoms with Crippen LogP contribution in [0.1, 0.15) is 45.8 Å². The van der Waals surface area contributed by atoms with Crippen molar-refractivity contribution in [2.24, 2.45) is 23.7 Å². The molecule has 11 heteroatoms. The number of fused-ring (bicyclic) bond motifs is 4. The van der Waals surface area contributed by atoms with Gasteiger partial charge in [0.15, 0.2) is 11.5 Å². The van der Waals surface area contributed by atoms with E-state index in [1.165, 1.54) is 37.4 Å². The molecule has 4 amide bonds. The molecular formula is C41H35N3O8. The maximum absolute atomic E-state index is 15.2. The van der Waals surface area contributed by atoms with Gasteiger partial charge in [-0.3, -0.25) is 29.5 Å². The lowest BCUT2D eigenvalue weighted by molar-refractivity contribution is -0.138. The van der Waals surface area contributed by atoms with E-state index in [1.54, 1.807) is 24.3 Å². The largest absolute Gasteiger partial charge is 0.504 e. The van der Waals surface area contributed by atoms with Gasteiger partial charge in [0.1, 0.15) is 0 Å². The highest BCUT2D eigenvalue weighted by Gasteiger charge is 2.70. The van der Waals surface area contributed by atoms with Gasteiger partial charge in [0.2, 0.25) is 11.8 Å². The van der Waals surface area contributed by atoms with Crippen molar-refractivity contribution in [2.75, 3.05) is 17.4 Å². The summed E-state index contributed by atoms with van der Waals surface area (Å²) in [5, 5.41) is 21.3. The number of nitrogens with zero attached hydrogens (tertiary/aromatic N) is 2. The van der Waals surface area contributed by atoms with Crippen LogP contribution in [0.3, 0.4) is 0 Å². The summed E-state index contributed by atoms with van der Waals surface area (Å²) in [7, 11) is 1.43. The molecule has 6 atom stereocenters. The molecule has 0 aromatic heterocycles. The maximum Gasteiger partial charge on any atom is 0.335 e. The first-order valence-electron chi connectivity index (χ1n) is 17.1. The van der Waals surface area contributed by atoms with E-state index in [0.29, 0.717) is 16.8 Å². The monoisotopic (exact) mass is 697 g/mol. The fourth-order valence-electron chi connectivity index (χ4n) is 9.03. The number of hydrogen-bond donors (Lipinski definition) is 3. The second-order valence-corrected chi connectivity index (χ2v) is 13.9. The number of ether oxygens (including phenoxy) is 1. The van der Waals surface area contributed by atoms with E-state index in [0.717, 1.165) is 21.0 Å². The van der Waals surface area contributed by atoms with Gasteiger partial charge in [-0.15, -0.1) is 0 Å². The summed E-state index contributed by atoms with van der Waals surface area (Å²) in [4.78, 5) is 71.4. The quantitative estimate of drug-likeness (QED) is 0.166. The molecule has 3 fully saturated rings. The van der Waals surface area contributed by atoms with Gasteiger partial charge < -0.3 is 14.9 Å². The molecule has 4 aromatic rings. The van der Waals surface area contributed by atoms with Gasteiger partial charge in [0.05, 0.1) is 47.2 Å². The number of allylic oxidation sites excluding steroid dienone is 2. The molecular weight excluding hydrogens is 662 g/mol. The molecule has 52 heavy (non-hydrogen) atoms. The number of carbonyl (C=O) groups excluding carboxylic acids is 4. The summed E-state index contributed by atoms with van der Waals surface area (Å²) in [6.07, 6.45) is 2.24. The second-order valence-electron chi connectivity index (χ2n) is 13.9. The number of phenols is 1. The minimum Gasteiger partial charge on any atom is -0.504 e. The van der Waals surface area contributed by atoms with Crippen LogP contribution >= 0.6 is 0 Å². The summed E-state index contributed by atoms with van der Waals surface area (Å²) < 4.78 is 5.52. The number of amides is 4. The summed E-state index contributed by atoms with van der Waals surface area (Å²) in [5.74, 6) is -6.95. The number of anilines is 2. The third-order valence-electron chi connectivity index (χ3n) is 11.3. The Kier molecular flexibility index (Phi) is 7.74. The molecule has 11 nitrogen and oxygen atoms in total. The van der Waals surface area contributed by atoms with E-state index in [4.69, 9.17) is 4.74 Å². The highest BCUT2D eigenvalue weighted by molar-refractivity contribution is 6.23. The zero-order valence-corrected chi connectivity index (χ0v) is 28.4. The van der Waals surface area contributed by atoms with Gasteiger partial charge in [-0.05, 0) is 79.3 Å². The normalized spacial score (nSPS) is 26.4. The smallest absolute Gasteiger partial charge is 0.335 e. The minimum absolute atomic E-state index is 0.0605. The lowest BCUT2D eigenvalue weighted by atomic mass is 9.49. The summed E-state index contributed by atoms with van der Waals surface area (Å²) in [6, 6.07) is 27.1. The molecule has 4 aliphatic rings. The average Bonchev–Trinajstić information content (AvgIpc) is 3.53. The molecule has 0 radical (unpaired) electrons. The zero-order chi connectivity index (χ0) is 36.5. The molecule has 262 valence electrons. The maximum atomic E-state index is 15.2. The van der Waals surface area contributed by atoms with Crippen LogP contribution in [0, 0.1) is 30.6 Å². The van der Waals surface area contributed by atoms with Crippen molar-refractivity contribution in [2.45, 2.75) is 31.1 Å². The molecule has 2 aliphatic heterocycles. The highest BCUT2D eigenvalue weighted by atomic mass is 16.5. The second kappa shape index (κ2) is 12.2. The minimum atomic E-state index is -1.48. The number of carboxylic acids is 1. The first kappa shape index (κ1) is 32.9. The predicted octanol–water partition coefficient (Wildman–Crippen LogP) is 5.60. The van der Waals surface area contributed by atoms with Crippen molar-refractivity contribution in [3.8, 4) is 11.5 Å². The number of aromatic hydroxyl groups is 1. The van der Waals surface area contributed by atoms with E-state index < -0.39 is 64.6 Å². The number of methoxy groups -OCH3 is 1. The van der Waals surface area contributed by atoms with Gasteiger partial charge in [-0.1, -0.05) is 71.8 Å². The molecule has 0 spiro atoms. The Balaban J connectivity index is 1.31. The number of phenolic OH excluding ortho intramolecular Hbond substituents is 1. The molecule has 2 saturated heterocycles. The van der Waals surface area contributed by atoms with Crippen LogP contribution < -0.4 is 15.1 Å². The third kappa shape index (κ3) is 4.75. The van der Waals surface area contributed by atoms with Gasteiger partial charge in [0.25, 0.3) is 11.8 Å². The number of aryl methyl sites for hydroxylation is 1. The van der Waals surface area contributed by atoms with Crippen molar-refractivity contribution in [1.29, 1.82) is 0 Å². The number of carbonyl (C=O) groups is 5. The fourth-order valence-corrected chi connectivity index (χ4v) is 9.03. The Bertz CT molecular complexity index is 2200. The van der Waals surface area contributed by atoms with Crippen LogP contribution in [0.25, 0.3) is 0 Å². The van der Waals surface area contributed by atoms with Gasteiger partial charge in [-0.25, -0.2) is 4.79 Å². The van der Waals surface area contributed by atoms with E-state index in [2.05, 4.69) is 5.43 Å². The standard InChI is InChI=1S/C41H35N3O8/c1-22-11-14-26(15-12-22)42-44-37(47)31-21-30-28(16-17-29-34(30)38(48)43(36(29)46)27-10-6-7-24(19-27)39(49)50)35(23-13-18-32(45)33(20-23)52-2)41(31,40(44)51)25-8-4-3-5-9-25/h3-16,18-20,29-31,34-35,42,45H,17,21H2,1-2H3,(H,49,50)/t29-,30+,31-,34-,35-,41+/m0/s1. The summed E-state index contributed by atoms with van der Waals surface area (Å²) in [5.41, 5.74) is 5.22. The number of carboxylic acid groups (broad SMARTS) is 1. The lowest BCUT2D eigenvalue weighted by Gasteiger charge is -2.50. The van der Waals surface area contributed by atoms with Crippen LogP contribution in [-0.4, -0.2) is 51.9 Å². The number of imide groups is 2. The van der Waals surface area contributed by atoms with Gasteiger partial charge >= 0.3 is 5.97 Å². The van der Waals surface area contributed by atoms with E-state index in [1.807, 2.05) is 55.5 Å². The first-order chi connectivity index (χ1) is 25.1. The van der Waals surface area contributed by atoms with Gasteiger partial charge in [-0.2, -0.15) is 5.01 Å². The van der Waals surface area contributed by atoms with Crippen molar-refractivity contribution in [3.05, 3.63) is 131 Å². The number of nitrogens with one attached hydrogen (secondary N) is 1. The number of aromatic carboxylic acids is 1. The molecule has 3 N–H and O–H groups in total. The topological polar surface area (TPSA) is 154 Å². The van der Waals surface area contributed by atoms with Crippen molar-refractivity contribution >= 4 is 41.0 Å². The third-order valence-corrected chi connectivity index (χ3v) is 11.3. The molecule has 1 saturated carbocycles. The Morgan fingerprint density at radius 2 is 1.62 bits per heavy atom. The summed E-state index contributed by atoms with van der Waals surface area (Å²) in [6.45, 7) is 1.94. The zero-order valence-electron chi connectivity index (χ0n) is 28.4.